The first-order valence-electron chi connectivity index (χ1n) is 4.35. The van der Waals surface area contributed by atoms with Crippen LogP contribution in [0.25, 0.3) is 0 Å². The van der Waals surface area contributed by atoms with Crippen LogP contribution in [0.5, 0.6) is 0 Å². The van der Waals surface area contributed by atoms with Gasteiger partial charge in [0.2, 0.25) is 0 Å². The molecule has 0 fully saturated rings. The minimum absolute atomic E-state index is 0.0229. The van der Waals surface area contributed by atoms with Gasteiger partial charge in [0, 0.05) is 19.3 Å². The molecular weight excluding hydrogens is 164 g/mol. The van der Waals surface area contributed by atoms with Crippen molar-refractivity contribution in [1.82, 2.24) is 10.2 Å². The number of likely N-dealkylation sites (N-methyl/N-ethyl adjacent to an activating group) is 1. The van der Waals surface area contributed by atoms with Crippen molar-refractivity contribution in [2.24, 2.45) is 0 Å². The van der Waals surface area contributed by atoms with Crippen LogP contribution in [0.1, 0.15) is 6.42 Å². The summed E-state index contributed by atoms with van der Waals surface area (Å²) in [6, 6.07) is -0.0229. The fourth-order valence-corrected chi connectivity index (χ4v) is 1.52. The average molecular weight is 176 g/mol. The van der Waals surface area contributed by atoms with E-state index in [1.807, 2.05) is 18.2 Å². The van der Waals surface area contributed by atoms with E-state index >= 15 is 0 Å². The number of nitrogens with zero attached hydrogens (tertiary/aromatic N) is 1. The van der Waals surface area contributed by atoms with Crippen molar-refractivity contribution in [3.8, 4) is 0 Å². The van der Waals surface area contributed by atoms with Gasteiger partial charge in [-0.15, -0.1) is 0 Å². The lowest BCUT2D eigenvalue weighted by molar-refractivity contribution is 0.211. The lowest BCUT2D eigenvalue weighted by Crippen LogP contribution is -2.42. The van der Waals surface area contributed by atoms with Gasteiger partial charge in [-0.3, -0.25) is 0 Å². The van der Waals surface area contributed by atoms with Gasteiger partial charge in [0.25, 0.3) is 0 Å². The molecule has 0 aromatic heterocycles. The summed E-state index contributed by atoms with van der Waals surface area (Å²) >= 11 is 0. The van der Waals surface area contributed by atoms with Gasteiger partial charge in [-0.1, -0.05) is 18.2 Å². The molecule has 0 radical (unpaired) electrons. The van der Waals surface area contributed by atoms with Gasteiger partial charge in [0.15, 0.2) is 0 Å². The Labute approximate surface area is 77.4 Å². The van der Waals surface area contributed by atoms with E-state index in [9.17, 15) is 4.79 Å². The molecule has 0 atom stereocenters. The highest BCUT2D eigenvalue weighted by atomic mass is 16.2. The molecule has 0 saturated heterocycles. The van der Waals surface area contributed by atoms with Crippen molar-refractivity contribution in [2.45, 2.75) is 6.42 Å². The number of hydrogen-bond donors (Lipinski definition) is 1. The number of rotatable bonds is 0. The van der Waals surface area contributed by atoms with Crippen LogP contribution in [0.4, 0.5) is 4.79 Å². The molecule has 1 aliphatic carbocycles. The van der Waals surface area contributed by atoms with Gasteiger partial charge in [-0.25, -0.2) is 4.79 Å². The number of urea groups is 1. The molecule has 68 valence electrons. The van der Waals surface area contributed by atoms with Gasteiger partial charge >= 0.3 is 6.03 Å². The highest BCUT2D eigenvalue weighted by Gasteiger charge is 2.19. The van der Waals surface area contributed by atoms with Crippen LogP contribution < -0.4 is 5.32 Å². The van der Waals surface area contributed by atoms with Crippen LogP contribution in [0, 0.1) is 0 Å². The molecule has 1 aliphatic heterocycles. The summed E-state index contributed by atoms with van der Waals surface area (Å²) in [7, 11) is 1.80. The third-order valence-corrected chi connectivity index (χ3v) is 2.27. The number of allylic oxidation sites excluding steroid dienone is 4. The largest absolute Gasteiger partial charge is 0.323 e. The first-order chi connectivity index (χ1) is 6.27. The molecule has 3 heteroatoms. The summed E-state index contributed by atoms with van der Waals surface area (Å²) in [5.41, 5.74) is 2.24. The standard InChI is InChI=1S/C10H12N2O/c1-12-7-8-5-3-2-4-6-9(8)11-10(12)13/h2-4,6H,5,7H2,1H3,(H,11,13). The Bertz CT molecular complexity index is 326. The molecule has 1 heterocycles. The Hall–Kier alpha value is -1.51. The molecule has 13 heavy (non-hydrogen) atoms. The summed E-state index contributed by atoms with van der Waals surface area (Å²) in [6.07, 6.45) is 8.93. The predicted octanol–water partition coefficient (Wildman–Crippen LogP) is 1.41. The minimum Gasteiger partial charge on any atom is -0.323 e. The molecule has 0 unspecified atom stereocenters. The quantitative estimate of drug-likeness (QED) is 0.594. The summed E-state index contributed by atoms with van der Waals surface area (Å²) < 4.78 is 0. The second-order valence-corrected chi connectivity index (χ2v) is 3.29. The molecule has 2 rings (SSSR count). The van der Waals surface area contributed by atoms with Crippen LogP contribution in [0.15, 0.2) is 35.6 Å². The number of hydrogen-bond acceptors (Lipinski definition) is 1. The van der Waals surface area contributed by atoms with Crippen molar-refractivity contribution in [1.29, 1.82) is 0 Å². The fraction of sp³-hybridized carbons (Fsp3) is 0.300. The number of carbonyl (C=O) groups excluding carboxylic acids is 1. The van der Waals surface area contributed by atoms with E-state index in [1.54, 1.807) is 11.9 Å². The predicted molar refractivity (Wildman–Crippen MR) is 51.1 cm³/mol. The zero-order valence-corrected chi connectivity index (χ0v) is 7.58. The van der Waals surface area contributed by atoms with E-state index in [1.165, 1.54) is 5.57 Å². The molecule has 1 N–H and O–H groups in total. The third-order valence-electron chi connectivity index (χ3n) is 2.27. The van der Waals surface area contributed by atoms with Gasteiger partial charge < -0.3 is 10.2 Å². The third kappa shape index (κ3) is 1.49. The van der Waals surface area contributed by atoms with E-state index < -0.39 is 0 Å². The second-order valence-electron chi connectivity index (χ2n) is 3.29. The van der Waals surface area contributed by atoms with Gasteiger partial charge in [0.1, 0.15) is 0 Å². The topological polar surface area (TPSA) is 32.3 Å². The summed E-state index contributed by atoms with van der Waals surface area (Å²) in [5, 5.41) is 2.85. The van der Waals surface area contributed by atoms with Crippen molar-refractivity contribution in [2.75, 3.05) is 13.6 Å². The molecule has 3 nitrogen and oxygen atoms in total. The van der Waals surface area contributed by atoms with Crippen molar-refractivity contribution in [3.05, 3.63) is 35.6 Å². The molecule has 0 aromatic rings. The van der Waals surface area contributed by atoms with E-state index in [-0.39, 0.29) is 6.03 Å². The van der Waals surface area contributed by atoms with Crippen molar-refractivity contribution >= 4 is 6.03 Å². The summed E-state index contributed by atoms with van der Waals surface area (Å²) in [5.74, 6) is 0. The minimum atomic E-state index is -0.0229. The van der Waals surface area contributed by atoms with Crippen molar-refractivity contribution in [3.63, 3.8) is 0 Å². The molecule has 0 aromatic carbocycles. The highest BCUT2D eigenvalue weighted by molar-refractivity contribution is 5.78. The van der Waals surface area contributed by atoms with E-state index in [4.69, 9.17) is 0 Å². The molecule has 2 aliphatic rings. The van der Waals surface area contributed by atoms with Gasteiger partial charge in [-0.05, 0) is 18.1 Å². The molecule has 2 amide bonds. The van der Waals surface area contributed by atoms with Gasteiger partial charge in [0.05, 0.1) is 0 Å². The van der Waals surface area contributed by atoms with Crippen molar-refractivity contribution < 1.29 is 4.79 Å². The number of carbonyl (C=O) groups is 1. The number of amides is 2. The normalized spacial score (nSPS) is 21.3. The van der Waals surface area contributed by atoms with E-state index in [2.05, 4.69) is 11.4 Å². The Balaban J connectivity index is 2.30. The zero-order chi connectivity index (χ0) is 9.26. The first-order valence-corrected chi connectivity index (χ1v) is 4.35. The maximum atomic E-state index is 11.3. The Morgan fingerprint density at radius 3 is 3.15 bits per heavy atom. The van der Waals surface area contributed by atoms with Crippen LogP contribution in [0.3, 0.4) is 0 Å². The summed E-state index contributed by atoms with van der Waals surface area (Å²) in [4.78, 5) is 13.0. The van der Waals surface area contributed by atoms with Crippen LogP contribution >= 0.6 is 0 Å². The summed E-state index contributed by atoms with van der Waals surface area (Å²) in [6.45, 7) is 0.732. The van der Waals surface area contributed by atoms with Gasteiger partial charge in [-0.2, -0.15) is 0 Å². The van der Waals surface area contributed by atoms with Crippen LogP contribution in [-0.4, -0.2) is 24.5 Å². The Morgan fingerprint density at radius 1 is 1.46 bits per heavy atom. The molecule has 0 saturated carbocycles. The van der Waals surface area contributed by atoms with E-state index in [0.29, 0.717) is 0 Å². The second kappa shape index (κ2) is 3.09. The fourth-order valence-electron chi connectivity index (χ4n) is 1.52. The zero-order valence-electron chi connectivity index (χ0n) is 7.58. The molecular formula is C10H12N2O. The lowest BCUT2D eigenvalue weighted by Gasteiger charge is -2.26. The SMILES string of the molecule is CN1CC2=C(C=CC=CC2)NC1=O. The lowest BCUT2D eigenvalue weighted by atomic mass is 10.1. The molecule has 0 spiro atoms. The average Bonchev–Trinajstić information content (AvgIpc) is 2.31. The van der Waals surface area contributed by atoms with E-state index in [0.717, 1.165) is 18.7 Å². The van der Waals surface area contributed by atoms with Crippen LogP contribution in [-0.2, 0) is 0 Å². The Kier molecular flexibility index (Phi) is 1.93. The number of nitrogens with one attached hydrogen (secondary N) is 1. The highest BCUT2D eigenvalue weighted by Crippen LogP contribution is 2.17. The smallest absolute Gasteiger partial charge is 0.321 e. The monoisotopic (exact) mass is 176 g/mol. The maximum Gasteiger partial charge on any atom is 0.321 e. The first kappa shape index (κ1) is 8.10. The van der Waals surface area contributed by atoms with Crippen LogP contribution in [0.2, 0.25) is 0 Å². The molecule has 0 bridgehead atoms. The maximum absolute atomic E-state index is 11.3. The Morgan fingerprint density at radius 2 is 2.31 bits per heavy atom.